The van der Waals surface area contributed by atoms with Crippen LogP contribution in [0.5, 0.6) is 11.5 Å². The summed E-state index contributed by atoms with van der Waals surface area (Å²) in [6.45, 7) is 0.363. The van der Waals surface area contributed by atoms with Crippen molar-refractivity contribution in [3.8, 4) is 11.5 Å². The average molecular weight is 331 g/mol. The van der Waals surface area contributed by atoms with Crippen LogP contribution in [0.3, 0.4) is 0 Å². The third-order valence-electron chi connectivity index (χ3n) is 3.48. The molecule has 0 radical (unpaired) electrons. The van der Waals surface area contributed by atoms with Crippen molar-refractivity contribution in [2.45, 2.75) is 12.5 Å². The van der Waals surface area contributed by atoms with Gasteiger partial charge in [-0.25, -0.2) is 0 Å². The molecule has 1 aromatic heterocycles. The molecule has 6 nitrogen and oxygen atoms in total. The normalized spacial score (nSPS) is 12.1. The van der Waals surface area contributed by atoms with Crippen LogP contribution in [0.2, 0.25) is 0 Å². The molecule has 1 heterocycles. The van der Waals surface area contributed by atoms with Gasteiger partial charge in [0.15, 0.2) is 11.5 Å². The summed E-state index contributed by atoms with van der Waals surface area (Å²) in [7, 11) is 3.13. The first-order valence-corrected chi connectivity index (χ1v) is 7.52. The van der Waals surface area contributed by atoms with Crippen LogP contribution in [-0.2, 0) is 4.79 Å². The lowest BCUT2D eigenvalue weighted by atomic mass is 10.1. The summed E-state index contributed by atoms with van der Waals surface area (Å²) in [5.74, 6) is 1.000. The number of aliphatic hydroxyl groups excluding tert-OH is 1. The Kier molecular flexibility index (Phi) is 6.45. The zero-order valence-corrected chi connectivity index (χ0v) is 13.7. The van der Waals surface area contributed by atoms with E-state index in [0.29, 0.717) is 30.0 Å². The van der Waals surface area contributed by atoms with E-state index in [2.05, 4.69) is 5.32 Å². The summed E-state index contributed by atoms with van der Waals surface area (Å²) in [5, 5.41) is 12.6. The van der Waals surface area contributed by atoms with Crippen molar-refractivity contribution in [1.29, 1.82) is 0 Å². The lowest BCUT2D eigenvalue weighted by Gasteiger charge is -2.08. The van der Waals surface area contributed by atoms with E-state index in [-0.39, 0.29) is 5.91 Å². The van der Waals surface area contributed by atoms with Crippen LogP contribution in [0.4, 0.5) is 0 Å². The highest BCUT2D eigenvalue weighted by Crippen LogP contribution is 2.27. The predicted octanol–water partition coefficient (Wildman–Crippen LogP) is 2.55. The lowest BCUT2D eigenvalue weighted by Crippen LogP contribution is -2.23. The zero-order chi connectivity index (χ0) is 17.4. The number of hydrogen-bond donors (Lipinski definition) is 2. The van der Waals surface area contributed by atoms with Crippen molar-refractivity contribution >= 4 is 12.0 Å². The molecule has 1 atom stereocenters. The number of methoxy groups -OCH3 is 2. The number of carbonyl (C=O) groups excluding carboxylic acids is 1. The number of nitrogens with one attached hydrogen (secondary N) is 1. The highest BCUT2D eigenvalue weighted by Gasteiger charge is 2.08. The molecule has 24 heavy (non-hydrogen) atoms. The van der Waals surface area contributed by atoms with Crippen LogP contribution < -0.4 is 14.8 Å². The average Bonchev–Trinajstić information content (AvgIpc) is 3.14. The van der Waals surface area contributed by atoms with Gasteiger partial charge in [0.25, 0.3) is 0 Å². The molecule has 0 saturated heterocycles. The van der Waals surface area contributed by atoms with E-state index in [1.165, 1.54) is 18.6 Å². The van der Waals surface area contributed by atoms with E-state index in [4.69, 9.17) is 13.9 Å². The fourth-order valence-corrected chi connectivity index (χ4v) is 2.15. The molecule has 0 unspecified atom stereocenters. The molecule has 0 fully saturated rings. The smallest absolute Gasteiger partial charge is 0.244 e. The third kappa shape index (κ3) is 4.89. The number of amides is 1. The molecule has 2 aromatic rings. The van der Waals surface area contributed by atoms with Crippen molar-refractivity contribution in [3.63, 3.8) is 0 Å². The molecule has 0 aliphatic rings. The third-order valence-corrected chi connectivity index (χ3v) is 3.48. The van der Waals surface area contributed by atoms with Crippen molar-refractivity contribution in [2.75, 3.05) is 20.8 Å². The van der Waals surface area contributed by atoms with Gasteiger partial charge in [-0.05, 0) is 36.3 Å². The molecular weight excluding hydrogens is 310 g/mol. The Bertz CT molecular complexity index is 679. The minimum absolute atomic E-state index is 0.232. The maximum Gasteiger partial charge on any atom is 0.244 e. The monoisotopic (exact) mass is 331 g/mol. The summed E-state index contributed by atoms with van der Waals surface area (Å²) in [4.78, 5) is 11.8. The number of ether oxygens (including phenoxy) is 2. The summed E-state index contributed by atoms with van der Waals surface area (Å²) in [6, 6.07) is 7.08. The summed E-state index contributed by atoms with van der Waals surface area (Å²) < 4.78 is 15.3. The van der Waals surface area contributed by atoms with Crippen LogP contribution in [0.1, 0.15) is 23.7 Å². The molecule has 0 saturated carbocycles. The van der Waals surface area contributed by atoms with Gasteiger partial charge < -0.3 is 24.3 Å². The Balaban J connectivity index is 1.82. The van der Waals surface area contributed by atoms with E-state index in [1.807, 2.05) is 6.07 Å². The van der Waals surface area contributed by atoms with E-state index in [9.17, 15) is 9.90 Å². The minimum atomic E-state index is -0.654. The van der Waals surface area contributed by atoms with Gasteiger partial charge in [0.1, 0.15) is 0 Å². The second-order valence-electron chi connectivity index (χ2n) is 5.10. The van der Waals surface area contributed by atoms with Gasteiger partial charge in [-0.15, -0.1) is 0 Å². The molecule has 2 N–H and O–H groups in total. The van der Waals surface area contributed by atoms with Crippen molar-refractivity contribution in [3.05, 3.63) is 54.0 Å². The Morgan fingerprint density at radius 2 is 2.08 bits per heavy atom. The van der Waals surface area contributed by atoms with Gasteiger partial charge >= 0.3 is 0 Å². The summed E-state index contributed by atoms with van der Waals surface area (Å²) in [5.41, 5.74) is 1.52. The second-order valence-corrected chi connectivity index (χ2v) is 5.10. The highest BCUT2D eigenvalue weighted by atomic mass is 16.5. The Labute approximate surface area is 140 Å². The van der Waals surface area contributed by atoms with Crippen LogP contribution in [0.15, 0.2) is 47.3 Å². The van der Waals surface area contributed by atoms with Crippen LogP contribution in [0, 0.1) is 0 Å². The number of benzene rings is 1. The molecule has 0 spiro atoms. The largest absolute Gasteiger partial charge is 0.493 e. The quantitative estimate of drug-likeness (QED) is 0.727. The Hall–Kier alpha value is -2.73. The fraction of sp³-hybridized carbons (Fsp3) is 0.278. The predicted molar refractivity (Wildman–Crippen MR) is 89.9 cm³/mol. The first-order chi connectivity index (χ1) is 11.6. The molecule has 1 amide bonds. The topological polar surface area (TPSA) is 80.9 Å². The summed E-state index contributed by atoms with van der Waals surface area (Å²) >= 11 is 0. The number of carbonyl (C=O) groups is 1. The summed E-state index contributed by atoms with van der Waals surface area (Å²) in [6.07, 6.45) is 5.87. The fourth-order valence-electron chi connectivity index (χ4n) is 2.15. The molecule has 128 valence electrons. The number of hydrogen-bond acceptors (Lipinski definition) is 5. The first kappa shape index (κ1) is 17.6. The van der Waals surface area contributed by atoms with E-state index < -0.39 is 6.10 Å². The van der Waals surface area contributed by atoms with Crippen molar-refractivity contribution in [1.82, 2.24) is 5.32 Å². The van der Waals surface area contributed by atoms with E-state index >= 15 is 0 Å². The standard InChI is InChI=1S/C18H21NO5/c1-22-16-5-3-13(11-17(16)23-2)4-6-18(21)19-9-7-15(20)14-8-10-24-12-14/h3-6,8,10-12,15,20H,7,9H2,1-2H3,(H,19,21)/b6-4+/t15-/m1/s1. The second kappa shape index (κ2) is 8.79. The number of furan rings is 1. The number of rotatable bonds is 8. The van der Waals surface area contributed by atoms with Gasteiger partial charge in [0, 0.05) is 18.2 Å². The van der Waals surface area contributed by atoms with Crippen LogP contribution >= 0.6 is 0 Å². The molecule has 0 aliphatic carbocycles. The van der Waals surface area contributed by atoms with Gasteiger partial charge in [0.2, 0.25) is 5.91 Å². The van der Waals surface area contributed by atoms with Crippen LogP contribution in [0.25, 0.3) is 6.08 Å². The first-order valence-electron chi connectivity index (χ1n) is 7.52. The van der Waals surface area contributed by atoms with Gasteiger partial charge in [0.05, 0.1) is 32.8 Å². The van der Waals surface area contributed by atoms with E-state index in [0.717, 1.165) is 5.56 Å². The maximum absolute atomic E-state index is 11.8. The van der Waals surface area contributed by atoms with Crippen molar-refractivity contribution < 1.29 is 23.8 Å². The zero-order valence-electron chi connectivity index (χ0n) is 13.7. The van der Waals surface area contributed by atoms with E-state index in [1.54, 1.807) is 38.5 Å². The highest BCUT2D eigenvalue weighted by molar-refractivity contribution is 5.91. The molecule has 2 rings (SSSR count). The molecule has 0 aliphatic heterocycles. The SMILES string of the molecule is COc1ccc(/C=C/C(=O)NCC[C@@H](O)c2ccoc2)cc1OC. The maximum atomic E-state index is 11.8. The Morgan fingerprint density at radius 3 is 2.75 bits per heavy atom. The molecule has 6 heteroatoms. The van der Waals surface area contributed by atoms with Crippen LogP contribution in [-0.4, -0.2) is 31.8 Å². The minimum Gasteiger partial charge on any atom is -0.493 e. The lowest BCUT2D eigenvalue weighted by molar-refractivity contribution is -0.116. The number of aliphatic hydroxyl groups is 1. The van der Waals surface area contributed by atoms with Gasteiger partial charge in [-0.1, -0.05) is 6.07 Å². The Morgan fingerprint density at radius 1 is 1.29 bits per heavy atom. The molecular formula is C18H21NO5. The van der Waals surface area contributed by atoms with Gasteiger partial charge in [-0.2, -0.15) is 0 Å². The van der Waals surface area contributed by atoms with Gasteiger partial charge in [-0.3, -0.25) is 4.79 Å². The van der Waals surface area contributed by atoms with Crippen molar-refractivity contribution in [2.24, 2.45) is 0 Å². The molecule has 0 bridgehead atoms. The molecule has 1 aromatic carbocycles.